The average molecular weight is 287 g/mol. The number of ether oxygens (including phenoxy) is 1. The Morgan fingerprint density at radius 1 is 1.10 bits per heavy atom. The zero-order valence-corrected chi connectivity index (χ0v) is 13.5. The maximum absolute atomic E-state index is 6.00. The van der Waals surface area contributed by atoms with Gasteiger partial charge < -0.3 is 10.1 Å². The summed E-state index contributed by atoms with van der Waals surface area (Å²) in [5, 5.41) is 3.93. The predicted octanol–water partition coefficient (Wildman–Crippen LogP) is 4.77. The maximum atomic E-state index is 6.00. The molecule has 0 aromatic heterocycles. The Morgan fingerprint density at radius 3 is 2.71 bits per heavy atom. The Labute approximate surface area is 129 Å². The molecule has 1 aliphatic heterocycles. The van der Waals surface area contributed by atoms with Crippen molar-refractivity contribution in [2.75, 3.05) is 6.61 Å². The lowest BCUT2D eigenvalue weighted by Crippen LogP contribution is -2.37. The van der Waals surface area contributed by atoms with Gasteiger partial charge in [-0.05, 0) is 51.0 Å². The number of nitrogens with one attached hydrogen (secondary N) is 1. The molecule has 1 N–H and O–H groups in total. The molecule has 2 unspecified atom stereocenters. The molecule has 2 atom stereocenters. The molecule has 0 saturated heterocycles. The smallest absolute Gasteiger partial charge is 0.126 e. The second-order valence-electron chi connectivity index (χ2n) is 6.89. The molecule has 0 radical (unpaired) electrons. The van der Waals surface area contributed by atoms with Gasteiger partial charge in [-0.25, -0.2) is 0 Å². The van der Waals surface area contributed by atoms with Gasteiger partial charge in [-0.2, -0.15) is 0 Å². The molecule has 1 aliphatic carbocycles. The fourth-order valence-electron chi connectivity index (χ4n) is 4.02. The Hall–Kier alpha value is -1.02. The van der Waals surface area contributed by atoms with E-state index in [1.807, 2.05) is 0 Å². The third-order valence-corrected chi connectivity index (χ3v) is 5.32. The van der Waals surface area contributed by atoms with E-state index in [1.54, 1.807) is 0 Å². The minimum atomic E-state index is 0.458. The predicted molar refractivity (Wildman–Crippen MR) is 87.8 cm³/mol. The van der Waals surface area contributed by atoms with Crippen molar-refractivity contribution in [1.82, 2.24) is 5.32 Å². The van der Waals surface area contributed by atoms with E-state index >= 15 is 0 Å². The van der Waals surface area contributed by atoms with E-state index in [0.717, 1.165) is 24.7 Å². The Kier molecular flexibility index (Phi) is 4.84. The number of fused-ring (bicyclic) bond motifs is 1. The zero-order chi connectivity index (χ0) is 14.7. The van der Waals surface area contributed by atoms with Crippen molar-refractivity contribution < 1.29 is 4.74 Å². The summed E-state index contributed by atoms with van der Waals surface area (Å²) in [6.45, 7) is 5.40. The molecule has 0 spiro atoms. The van der Waals surface area contributed by atoms with Gasteiger partial charge in [-0.1, -0.05) is 37.5 Å². The van der Waals surface area contributed by atoms with Crippen LogP contribution in [-0.4, -0.2) is 12.6 Å². The first-order valence-corrected chi connectivity index (χ1v) is 8.74. The molecule has 1 heterocycles. The summed E-state index contributed by atoms with van der Waals surface area (Å²) in [6.07, 6.45) is 9.40. The summed E-state index contributed by atoms with van der Waals surface area (Å²) >= 11 is 0. The normalized spacial score (nSPS) is 24.8. The highest BCUT2D eigenvalue weighted by molar-refractivity contribution is 5.43. The highest BCUT2D eigenvalue weighted by Gasteiger charge is 2.26. The van der Waals surface area contributed by atoms with E-state index in [2.05, 4.69) is 37.4 Å². The van der Waals surface area contributed by atoms with Crippen LogP contribution in [0.1, 0.15) is 69.0 Å². The highest BCUT2D eigenvalue weighted by atomic mass is 16.5. The lowest BCUT2D eigenvalue weighted by Gasteiger charge is -2.32. The molecular formula is C19H29NO. The number of aryl methyl sites for hydroxylation is 1. The standard InChI is InChI=1S/C19H29NO/c1-14-8-6-11-17-18(12-7-13-21-19(14)17)20-15(2)16-9-4-3-5-10-16/h6,8,11,15-16,18,20H,3-5,7,9-10,12-13H2,1-2H3. The van der Waals surface area contributed by atoms with Crippen LogP contribution in [0.5, 0.6) is 5.75 Å². The van der Waals surface area contributed by atoms with Crippen LogP contribution in [0.3, 0.4) is 0 Å². The zero-order valence-electron chi connectivity index (χ0n) is 13.5. The molecule has 2 heteroatoms. The van der Waals surface area contributed by atoms with Crippen LogP contribution in [0.2, 0.25) is 0 Å². The molecule has 1 saturated carbocycles. The SMILES string of the molecule is Cc1cccc2c1OCCCC2NC(C)C1CCCCC1. The number of rotatable bonds is 3. The third kappa shape index (κ3) is 3.42. The molecule has 21 heavy (non-hydrogen) atoms. The van der Waals surface area contributed by atoms with Gasteiger partial charge in [0.25, 0.3) is 0 Å². The van der Waals surface area contributed by atoms with Crippen molar-refractivity contribution in [3.8, 4) is 5.75 Å². The second-order valence-corrected chi connectivity index (χ2v) is 6.89. The Bertz CT molecular complexity index is 465. The lowest BCUT2D eigenvalue weighted by molar-refractivity contribution is 0.259. The molecule has 0 bridgehead atoms. The third-order valence-electron chi connectivity index (χ3n) is 5.32. The lowest BCUT2D eigenvalue weighted by atomic mass is 9.84. The molecule has 3 rings (SSSR count). The molecule has 1 aromatic rings. The minimum Gasteiger partial charge on any atom is -0.493 e. The van der Waals surface area contributed by atoms with Crippen LogP contribution < -0.4 is 10.1 Å². The summed E-state index contributed by atoms with van der Waals surface area (Å²) in [6, 6.07) is 7.65. The van der Waals surface area contributed by atoms with Gasteiger partial charge >= 0.3 is 0 Å². The summed E-state index contributed by atoms with van der Waals surface area (Å²) < 4.78 is 6.00. The second kappa shape index (κ2) is 6.83. The van der Waals surface area contributed by atoms with Gasteiger partial charge in [-0.15, -0.1) is 0 Å². The van der Waals surface area contributed by atoms with Gasteiger partial charge in [0.2, 0.25) is 0 Å². The van der Waals surface area contributed by atoms with Crippen molar-refractivity contribution in [3.63, 3.8) is 0 Å². The van der Waals surface area contributed by atoms with Crippen LogP contribution in [0.4, 0.5) is 0 Å². The number of hydrogen-bond acceptors (Lipinski definition) is 2. The largest absolute Gasteiger partial charge is 0.493 e. The van der Waals surface area contributed by atoms with Crippen molar-refractivity contribution in [3.05, 3.63) is 29.3 Å². The molecule has 1 fully saturated rings. The first-order valence-electron chi connectivity index (χ1n) is 8.74. The molecular weight excluding hydrogens is 258 g/mol. The van der Waals surface area contributed by atoms with Gasteiger partial charge in [0.1, 0.15) is 5.75 Å². The Morgan fingerprint density at radius 2 is 1.90 bits per heavy atom. The summed E-state index contributed by atoms with van der Waals surface area (Å²) in [7, 11) is 0. The van der Waals surface area contributed by atoms with Crippen molar-refractivity contribution >= 4 is 0 Å². The van der Waals surface area contributed by atoms with Crippen molar-refractivity contribution in [1.29, 1.82) is 0 Å². The quantitative estimate of drug-likeness (QED) is 0.865. The number of benzene rings is 1. The highest BCUT2D eigenvalue weighted by Crippen LogP contribution is 2.35. The van der Waals surface area contributed by atoms with Crippen LogP contribution in [0.25, 0.3) is 0 Å². The topological polar surface area (TPSA) is 21.3 Å². The van der Waals surface area contributed by atoms with E-state index in [4.69, 9.17) is 4.74 Å². The monoisotopic (exact) mass is 287 g/mol. The van der Waals surface area contributed by atoms with Crippen molar-refractivity contribution in [2.45, 2.75) is 70.9 Å². The van der Waals surface area contributed by atoms with E-state index < -0.39 is 0 Å². The van der Waals surface area contributed by atoms with E-state index in [9.17, 15) is 0 Å². The maximum Gasteiger partial charge on any atom is 0.126 e. The molecule has 2 nitrogen and oxygen atoms in total. The number of para-hydroxylation sites is 1. The first kappa shape index (κ1) is 14.9. The van der Waals surface area contributed by atoms with Crippen LogP contribution >= 0.6 is 0 Å². The summed E-state index contributed by atoms with van der Waals surface area (Å²) in [4.78, 5) is 0. The van der Waals surface area contributed by atoms with Crippen molar-refractivity contribution in [2.24, 2.45) is 5.92 Å². The fraction of sp³-hybridized carbons (Fsp3) is 0.684. The molecule has 0 amide bonds. The summed E-state index contributed by atoms with van der Waals surface area (Å²) in [5.74, 6) is 1.99. The number of hydrogen-bond donors (Lipinski definition) is 1. The van der Waals surface area contributed by atoms with Gasteiger partial charge in [0.15, 0.2) is 0 Å². The van der Waals surface area contributed by atoms with Gasteiger partial charge in [-0.3, -0.25) is 0 Å². The van der Waals surface area contributed by atoms with Gasteiger partial charge in [0, 0.05) is 17.6 Å². The van der Waals surface area contributed by atoms with Crippen LogP contribution in [0.15, 0.2) is 18.2 Å². The van der Waals surface area contributed by atoms with E-state index in [-0.39, 0.29) is 0 Å². The average Bonchev–Trinajstić information content (AvgIpc) is 2.72. The van der Waals surface area contributed by atoms with Crippen LogP contribution in [-0.2, 0) is 0 Å². The first-order chi connectivity index (χ1) is 10.3. The molecule has 2 aliphatic rings. The van der Waals surface area contributed by atoms with E-state index in [1.165, 1.54) is 49.7 Å². The fourth-order valence-corrected chi connectivity index (χ4v) is 4.02. The van der Waals surface area contributed by atoms with Crippen LogP contribution in [0, 0.1) is 12.8 Å². The van der Waals surface area contributed by atoms with Gasteiger partial charge in [0.05, 0.1) is 6.61 Å². The molecule has 116 valence electrons. The Balaban J connectivity index is 1.74. The van der Waals surface area contributed by atoms with E-state index in [0.29, 0.717) is 12.1 Å². The summed E-state index contributed by atoms with van der Waals surface area (Å²) in [5.41, 5.74) is 2.64. The minimum absolute atomic E-state index is 0.458. The molecule has 1 aromatic carbocycles.